The largest absolute Gasteiger partial charge is 0.548 e. The van der Waals surface area contributed by atoms with E-state index < -0.39 is 47.5 Å². The number of nitrogens with one attached hydrogen (secondary N) is 1. The summed E-state index contributed by atoms with van der Waals surface area (Å²) in [7, 11) is 0. The van der Waals surface area contributed by atoms with E-state index in [-0.39, 0.29) is 12.5 Å². The van der Waals surface area contributed by atoms with E-state index in [1.54, 1.807) is 0 Å². The minimum absolute atomic E-state index is 0.0564. The number of hydrogen-bond acceptors (Lipinski definition) is 4. The van der Waals surface area contributed by atoms with Gasteiger partial charge < -0.3 is 20.0 Å². The van der Waals surface area contributed by atoms with Gasteiger partial charge in [-0.3, -0.25) is 0 Å². The van der Waals surface area contributed by atoms with Gasteiger partial charge in [0.15, 0.2) is 11.6 Å². The number of carbonyl (C=O) groups excluding carboxylic acids is 2. The van der Waals surface area contributed by atoms with Gasteiger partial charge in [0.2, 0.25) is 0 Å². The highest BCUT2D eigenvalue weighted by molar-refractivity contribution is 5.80. The van der Waals surface area contributed by atoms with E-state index in [0.29, 0.717) is 12.1 Å². The molecule has 0 heterocycles. The number of fused-ring (bicyclic) bond motifs is 3. The van der Waals surface area contributed by atoms with Crippen LogP contribution in [-0.2, 0) is 16.0 Å². The van der Waals surface area contributed by atoms with Crippen LogP contribution in [0.3, 0.4) is 0 Å². The van der Waals surface area contributed by atoms with Gasteiger partial charge in [-0.25, -0.2) is 18.0 Å². The van der Waals surface area contributed by atoms with Crippen molar-refractivity contribution in [3.63, 3.8) is 0 Å². The van der Waals surface area contributed by atoms with Crippen molar-refractivity contribution in [2.75, 3.05) is 6.61 Å². The summed E-state index contributed by atoms with van der Waals surface area (Å²) in [6.45, 7) is -0.0564. The predicted octanol–water partition coefficient (Wildman–Crippen LogP) is 3.30. The van der Waals surface area contributed by atoms with Gasteiger partial charge in [0.05, 0.1) is 12.0 Å². The van der Waals surface area contributed by atoms with Crippen molar-refractivity contribution in [2.24, 2.45) is 0 Å². The number of hydrogen-bond donors (Lipinski definition) is 1. The second kappa shape index (κ2) is 8.74. The molecule has 1 aliphatic rings. The highest BCUT2D eigenvalue weighted by Gasteiger charge is 2.29. The van der Waals surface area contributed by atoms with Gasteiger partial charge in [-0.2, -0.15) is 0 Å². The molecular weight excluding hydrogens is 423 g/mol. The summed E-state index contributed by atoms with van der Waals surface area (Å²) < 4.78 is 45.6. The number of aliphatic carboxylic acids is 1. The second-order valence-electron chi connectivity index (χ2n) is 7.40. The number of halogens is 3. The molecule has 164 valence electrons. The van der Waals surface area contributed by atoms with E-state index in [4.69, 9.17) is 4.74 Å². The molecule has 0 aromatic heterocycles. The molecule has 0 radical (unpaired) electrons. The third-order valence-electron chi connectivity index (χ3n) is 5.43. The molecule has 0 fully saturated rings. The van der Waals surface area contributed by atoms with Crippen molar-refractivity contribution >= 4 is 12.1 Å². The Kier molecular flexibility index (Phi) is 5.85. The lowest BCUT2D eigenvalue weighted by atomic mass is 9.98. The molecule has 4 rings (SSSR count). The average Bonchev–Trinajstić information content (AvgIpc) is 3.09. The topological polar surface area (TPSA) is 78.5 Å². The van der Waals surface area contributed by atoms with E-state index in [2.05, 4.69) is 5.32 Å². The highest BCUT2D eigenvalue weighted by atomic mass is 19.2. The molecule has 0 bridgehead atoms. The summed E-state index contributed by atoms with van der Waals surface area (Å²) in [6, 6.07) is 14.5. The third kappa shape index (κ3) is 4.16. The van der Waals surface area contributed by atoms with Gasteiger partial charge in [-0.05, 0) is 33.9 Å². The molecule has 0 saturated carbocycles. The quantitative estimate of drug-likeness (QED) is 0.597. The average molecular weight is 440 g/mol. The summed E-state index contributed by atoms with van der Waals surface area (Å²) in [5.74, 6) is -5.83. The molecular formula is C24H17F3NO4-. The van der Waals surface area contributed by atoms with Crippen LogP contribution in [0.15, 0.2) is 60.7 Å². The molecule has 0 aliphatic heterocycles. The van der Waals surface area contributed by atoms with Gasteiger partial charge in [0.1, 0.15) is 12.4 Å². The third-order valence-corrected chi connectivity index (χ3v) is 5.43. The number of benzene rings is 3. The predicted molar refractivity (Wildman–Crippen MR) is 107 cm³/mol. The maximum atomic E-state index is 13.9. The van der Waals surface area contributed by atoms with Crippen LogP contribution in [0.25, 0.3) is 11.1 Å². The maximum Gasteiger partial charge on any atom is 0.407 e. The number of carbonyl (C=O) groups is 2. The van der Waals surface area contributed by atoms with E-state index in [1.807, 2.05) is 48.5 Å². The molecule has 0 saturated heterocycles. The first-order valence-corrected chi connectivity index (χ1v) is 9.81. The molecule has 1 aliphatic carbocycles. The Morgan fingerprint density at radius 3 is 2.06 bits per heavy atom. The molecule has 32 heavy (non-hydrogen) atoms. The molecule has 0 spiro atoms. The van der Waals surface area contributed by atoms with Crippen molar-refractivity contribution in [3.05, 3.63) is 94.8 Å². The fourth-order valence-electron chi connectivity index (χ4n) is 3.92. The lowest BCUT2D eigenvalue weighted by molar-refractivity contribution is -0.308. The number of rotatable bonds is 6. The first kappa shape index (κ1) is 21.4. The Morgan fingerprint density at radius 2 is 1.47 bits per heavy atom. The Bertz CT molecular complexity index is 1150. The minimum atomic E-state index is -1.72. The Morgan fingerprint density at radius 1 is 0.906 bits per heavy atom. The first-order valence-electron chi connectivity index (χ1n) is 9.81. The molecule has 3 aromatic carbocycles. The number of carboxylic acids is 1. The summed E-state index contributed by atoms with van der Waals surface area (Å²) in [5, 5.41) is 13.5. The normalized spacial score (nSPS) is 13.2. The number of ether oxygens (including phenoxy) is 1. The zero-order valence-corrected chi connectivity index (χ0v) is 16.6. The Hall–Kier alpha value is -3.81. The van der Waals surface area contributed by atoms with E-state index >= 15 is 0 Å². The van der Waals surface area contributed by atoms with Gasteiger partial charge >= 0.3 is 6.09 Å². The van der Waals surface area contributed by atoms with E-state index in [0.717, 1.165) is 22.3 Å². The van der Waals surface area contributed by atoms with Crippen LogP contribution in [0, 0.1) is 17.5 Å². The molecule has 1 amide bonds. The molecule has 1 atom stereocenters. The number of amides is 1. The van der Waals surface area contributed by atoms with Crippen molar-refractivity contribution in [1.82, 2.24) is 5.32 Å². The van der Waals surface area contributed by atoms with Crippen LogP contribution < -0.4 is 10.4 Å². The van der Waals surface area contributed by atoms with Crippen LogP contribution in [0.1, 0.15) is 22.6 Å². The van der Waals surface area contributed by atoms with Crippen molar-refractivity contribution in [3.8, 4) is 11.1 Å². The SMILES string of the molecule is O=C(N[C@@H](Cc1cc(F)c(F)cc1F)C(=O)[O-])OCC1c2ccccc2-c2ccccc21. The summed E-state index contributed by atoms with van der Waals surface area (Å²) in [4.78, 5) is 23.7. The van der Waals surface area contributed by atoms with E-state index in [1.165, 1.54) is 0 Å². The van der Waals surface area contributed by atoms with Gasteiger partial charge in [-0.1, -0.05) is 48.5 Å². The standard InChI is InChI=1S/C24H18F3NO4/c25-19-11-21(27)20(26)9-13(19)10-22(23(29)30)28-24(31)32-12-18-16-7-3-1-5-14(16)15-6-2-4-8-17(15)18/h1-9,11,18,22H,10,12H2,(H,28,31)(H,29,30)/p-1/t22-/m0/s1. The minimum Gasteiger partial charge on any atom is -0.548 e. The van der Waals surface area contributed by atoms with Crippen LogP contribution in [0.4, 0.5) is 18.0 Å². The fourth-order valence-corrected chi connectivity index (χ4v) is 3.92. The first-order chi connectivity index (χ1) is 15.3. The van der Waals surface area contributed by atoms with Crippen molar-refractivity contribution in [1.29, 1.82) is 0 Å². The highest BCUT2D eigenvalue weighted by Crippen LogP contribution is 2.44. The fraction of sp³-hybridized carbons (Fsp3) is 0.167. The Labute approximate surface area is 181 Å². The van der Waals surface area contributed by atoms with Crippen LogP contribution in [0.2, 0.25) is 0 Å². The molecule has 3 aromatic rings. The monoisotopic (exact) mass is 440 g/mol. The van der Waals surface area contributed by atoms with Crippen molar-refractivity contribution < 1.29 is 32.6 Å². The van der Waals surface area contributed by atoms with Crippen molar-refractivity contribution in [2.45, 2.75) is 18.4 Å². The van der Waals surface area contributed by atoms with Gasteiger partial charge in [0.25, 0.3) is 0 Å². The lowest BCUT2D eigenvalue weighted by Gasteiger charge is -2.21. The second-order valence-corrected chi connectivity index (χ2v) is 7.40. The molecule has 1 N–H and O–H groups in total. The Balaban J connectivity index is 1.45. The number of carboxylic acid groups (broad SMARTS) is 1. The summed E-state index contributed by atoms with van der Waals surface area (Å²) in [5.41, 5.74) is 3.58. The number of alkyl carbamates (subject to hydrolysis) is 1. The summed E-state index contributed by atoms with van der Waals surface area (Å²) in [6.07, 6.45) is -1.70. The zero-order valence-electron chi connectivity index (χ0n) is 16.6. The van der Waals surface area contributed by atoms with Gasteiger partial charge in [0, 0.05) is 18.4 Å². The molecule has 5 nitrogen and oxygen atoms in total. The molecule has 0 unspecified atom stereocenters. The van der Waals surface area contributed by atoms with E-state index in [9.17, 15) is 27.9 Å². The summed E-state index contributed by atoms with van der Waals surface area (Å²) >= 11 is 0. The van der Waals surface area contributed by atoms with Crippen LogP contribution in [-0.4, -0.2) is 24.7 Å². The smallest absolute Gasteiger partial charge is 0.407 e. The van der Waals surface area contributed by atoms with Gasteiger partial charge in [-0.15, -0.1) is 0 Å². The zero-order chi connectivity index (χ0) is 22.8. The molecule has 8 heteroatoms. The maximum absolute atomic E-state index is 13.9. The van der Waals surface area contributed by atoms with Crippen LogP contribution in [0.5, 0.6) is 0 Å². The lowest BCUT2D eigenvalue weighted by Crippen LogP contribution is -2.49. The van der Waals surface area contributed by atoms with Crippen LogP contribution >= 0.6 is 0 Å².